The zero-order valence-corrected chi connectivity index (χ0v) is 21.4. The summed E-state index contributed by atoms with van der Waals surface area (Å²) in [6.07, 6.45) is 5.69. The van der Waals surface area contributed by atoms with Crippen LogP contribution in [0.4, 0.5) is 20.5 Å². The molecule has 12 heteroatoms. The van der Waals surface area contributed by atoms with Crippen molar-refractivity contribution in [3.63, 3.8) is 0 Å². The van der Waals surface area contributed by atoms with Gasteiger partial charge in [0.05, 0.1) is 5.56 Å². The minimum atomic E-state index is -2.67. The quantitative estimate of drug-likeness (QED) is 0.409. The number of ketones is 1. The molecule has 0 saturated heterocycles. The van der Waals surface area contributed by atoms with Crippen LogP contribution < -0.4 is 10.6 Å². The average molecular weight is 530 g/mol. The molecule has 3 aliphatic carbocycles. The molecule has 2 N–H and O–H groups in total. The van der Waals surface area contributed by atoms with E-state index in [0.29, 0.717) is 42.6 Å². The molecule has 0 aromatic carbocycles. The predicted octanol–water partition coefficient (Wildman–Crippen LogP) is 4.15. The second-order valence-corrected chi connectivity index (χ2v) is 11.5. The summed E-state index contributed by atoms with van der Waals surface area (Å²) >= 11 is 1.61. The molecule has 0 spiro atoms. The maximum atomic E-state index is 13.4. The molecule has 3 heterocycles. The summed E-state index contributed by atoms with van der Waals surface area (Å²) in [6, 6.07) is 1.27. The van der Waals surface area contributed by atoms with Crippen LogP contribution in [0.2, 0.25) is 0 Å². The summed E-state index contributed by atoms with van der Waals surface area (Å²) in [7, 11) is 1.59. The smallest absolute Gasteiger partial charge is 0.282 e. The lowest BCUT2D eigenvalue weighted by molar-refractivity contribution is -0.119. The highest BCUT2D eigenvalue weighted by atomic mass is 32.1. The van der Waals surface area contributed by atoms with E-state index in [0.717, 1.165) is 49.0 Å². The number of hydrogen-bond acceptors (Lipinski definition) is 7. The molecule has 6 rings (SSSR count). The number of anilines is 2. The van der Waals surface area contributed by atoms with Gasteiger partial charge in [0.1, 0.15) is 23.6 Å². The van der Waals surface area contributed by atoms with E-state index >= 15 is 0 Å². The zero-order chi connectivity index (χ0) is 25.7. The van der Waals surface area contributed by atoms with Gasteiger partial charge in [0.25, 0.3) is 12.3 Å². The van der Waals surface area contributed by atoms with E-state index in [9.17, 15) is 18.4 Å². The first-order valence-corrected chi connectivity index (χ1v) is 13.6. The van der Waals surface area contributed by atoms with Gasteiger partial charge in [-0.15, -0.1) is 21.5 Å². The van der Waals surface area contributed by atoms with Crippen LogP contribution in [0.15, 0.2) is 12.4 Å². The van der Waals surface area contributed by atoms with Crippen molar-refractivity contribution >= 4 is 34.8 Å². The van der Waals surface area contributed by atoms with Crippen LogP contribution in [0, 0.1) is 11.8 Å². The lowest BCUT2D eigenvalue weighted by atomic mass is 9.90. The Balaban J connectivity index is 1.26. The molecule has 0 radical (unpaired) electrons. The lowest BCUT2D eigenvalue weighted by Crippen LogP contribution is -2.28. The number of rotatable bonds is 10. The Morgan fingerprint density at radius 3 is 2.73 bits per heavy atom. The summed E-state index contributed by atoms with van der Waals surface area (Å²) in [5.74, 6) is 1.67. The van der Waals surface area contributed by atoms with Gasteiger partial charge in [-0.05, 0) is 56.4 Å². The Bertz CT molecular complexity index is 1340. The van der Waals surface area contributed by atoms with Gasteiger partial charge in [0.2, 0.25) is 5.95 Å². The molecule has 0 unspecified atom stereocenters. The highest BCUT2D eigenvalue weighted by molar-refractivity contribution is 7.12. The third-order valence-electron chi connectivity index (χ3n) is 7.48. The molecule has 37 heavy (non-hydrogen) atoms. The first-order chi connectivity index (χ1) is 17.9. The number of nitrogens with one attached hydrogen (secondary N) is 2. The molecule has 3 aliphatic rings. The number of nitrogens with zero attached hydrogens (tertiary/aromatic N) is 5. The highest BCUT2D eigenvalue weighted by Crippen LogP contribution is 2.41. The molecule has 0 aliphatic heterocycles. The highest BCUT2D eigenvalue weighted by Gasteiger charge is 2.35. The Labute approximate surface area is 216 Å². The fraction of sp³-hybridized carbons (Fsp3) is 0.560. The van der Waals surface area contributed by atoms with Crippen LogP contribution in [-0.2, 0) is 31.1 Å². The average Bonchev–Trinajstić information content (AvgIpc) is 3.78. The van der Waals surface area contributed by atoms with E-state index in [1.807, 2.05) is 4.57 Å². The summed E-state index contributed by atoms with van der Waals surface area (Å²) in [5.41, 5.74) is 1.37. The molecule has 3 aromatic rings. The summed E-state index contributed by atoms with van der Waals surface area (Å²) < 4.78 is 29.4. The number of Topliss-reactive ketones (excluding diaryl/α,β-unsaturated/α-hetero) is 1. The number of carbonyl (C=O) groups excluding carboxylic acids is 2. The molecular formula is C25H29F2N7O2S. The van der Waals surface area contributed by atoms with Gasteiger partial charge in [-0.3, -0.25) is 18.8 Å². The van der Waals surface area contributed by atoms with Crippen LogP contribution in [0.25, 0.3) is 0 Å². The van der Waals surface area contributed by atoms with E-state index in [2.05, 4.69) is 25.9 Å². The number of amides is 1. The molecule has 2 fully saturated rings. The molecule has 0 bridgehead atoms. The third-order valence-corrected chi connectivity index (χ3v) is 8.77. The van der Waals surface area contributed by atoms with Crippen molar-refractivity contribution in [1.82, 2.24) is 29.9 Å². The standard InChI is InChI=1S/C25H29F2N7O2S/c1-33-21(9-17(32-33)23(26)27)30-25-31-29-12-34(25)15-6-7-19-16(8-15)22(24(36)28-11-13-2-3-13)20(37-19)10-18(35)14-4-5-14/h9,12-15,23H,2-8,10-11H2,1H3,(H,28,36)(H,30,31)/t15-/m0/s1. The van der Waals surface area contributed by atoms with Gasteiger partial charge in [-0.2, -0.15) is 5.10 Å². The number of thiophene rings is 1. The van der Waals surface area contributed by atoms with Gasteiger partial charge in [-0.1, -0.05) is 0 Å². The van der Waals surface area contributed by atoms with Crippen LogP contribution in [0.1, 0.15) is 75.9 Å². The molecule has 3 aromatic heterocycles. The van der Waals surface area contributed by atoms with Gasteiger partial charge >= 0.3 is 0 Å². The first kappa shape index (κ1) is 24.2. The van der Waals surface area contributed by atoms with Crippen LogP contribution in [0.3, 0.4) is 0 Å². The molecular weight excluding hydrogens is 500 g/mol. The summed E-state index contributed by atoms with van der Waals surface area (Å²) in [6.45, 7) is 0.674. The van der Waals surface area contributed by atoms with Crippen molar-refractivity contribution in [1.29, 1.82) is 0 Å². The van der Waals surface area contributed by atoms with Crippen LogP contribution in [0.5, 0.6) is 0 Å². The number of carbonyl (C=O) groups is 2. The Morgan fingerprint density at radius 1 is 1.22 bits per heavy atom. The normalized spacial score (nSPS) is 19.2. The van der Waals surface area contributed by atoms with Gasteiger partial charge in [0.15, 0.2) is 0 Å². The van der Waals surface area contributed by atoms with Crippen LogP contribution in [-0.4, -0.2) is 42.8 Å². The van der Waals surface area contributed by atoms with Crippen molar-refractivity contribution < 1.29 is 18.4 Å². The van der Waals surface area contributed by atoms with Crippen molar-refractivity contribution in [3.8, 4) is 0 Å². The molecule has 1 atom stereocenters. The van der Waals surface area contributed by atoms with E-state index in [1.54, 1.807) is 24.7 Å². The number of fused-ring (bicyclic) bond motifs is 1. The Kier molecular flexibility index (Phi) is 6.29. The van der Waals surface area contributed by atoms with E-state index in [1.165, 1.54) is 15.6 Å². The maximum absolute atomic E-state index is 13.4. The molecule has 9 nitrogen and oxygen atoms in total. The maximum Gasteiger partial charge on any atom is 0.282 e. The minimum absolute atomic E-state index is 0.0237. The first-order valence-electron chi connectivity index (χ1n) is 12.8. The number of alkyl halides is 2. The van der Waals surface area contributed by atoms with Crippen molar-refractivity contribution in [3.05, 3.63) is 39.0 Å². The predicted molar refractivity (Wildman–Crippen MR) is 133 cm³/mol. The van der Waals surface area contributed by atoms with E-state index in [-0.39, 0.29) is 29.3 Å². The summed E-state index contributed by atoms with van der Waals surface area (Å²) in [5, 5.41) is 18.3. The lowest BCUT2D eigenvalue weighted by Gasteiger charge is -2.25. The second kappa shape index (κ2) is 9.62. The Morgan fingerprint density at radius 2 is 2.03 bits per heavy atom. The minimum Gasteiger partial charge on any atom is -0.352 e. The monoisotopic (exact) mass is 529 g/mol. The number of hydrogen-bond donors (Lipinski definition) is 2. The number of halogens is 2. The van der Waals surface area contributed by atoms with Crippen molar-refractivity contribution in [2.75, 3.05) is 11.9 Å². The molecule has 1 amide bonds. The number of aryl methyl sites for hydroxylation is 2. The van der Waals surface area contributed by atoms with E-state index in [4.69, 9.17) is 0 Å². The van der Waals surface area contributed by atoms with Gasteiger partial charge in [0, 0.05) is 47.8 Å². The number of aromatic nitrogens is 5. The van der Waals surface area contributed by atoms with Crippen molar-refractivity contribution in [2.24, 2.45) is 18.9 Å². The van der Waals surface area contributed by atoms with Crippen molar-refractivity contribution in [2.45, 2.75) is 63.8 Å². The molecule has 196 valence electrons. The van der Waals surface area contributed by atoms with Gasteiger partial charge in [-0.25, -0.2) is 8.78 Å². The SMILES string of the molecule is Cn1nc(C(F)F)cc1Nc1nncn1[C@H]1CCc2sc(CC(=O)C3CC3)c(C(=O)NCC3CC3)c2C1. The Hall–Kier alpha value is -3.15. The fourth-order valence-electron chi connectivity index (χ4n) is 5.03. The largest absolute Gasteiger partial charge is 0.352 e. The topological polar surface area (TPSA) is 107 Å². The van der Waals surface area contributed by atoms with E-state index < -0.39 is 6.43 Å². The van der Waals surface area contributed by atoms with Gasteiger partial charge < -0.3 is 10.6 Å². The molecule has 2 saturated carbocycles. The third kappa shape index (κ3) is 5.03. The summed E-state index contributed by atoms with van der Waals surface area (Å²) in [4.78, 5) is 28.1. The van der Waals surface area contributed by atoms with Crippen LogP contribution >= 0.6 is 11.3 Å². The fourth-order valence-corrected chi connectivity index (χ4v) is 6.39. The zero-order valence-electron chi connectivity index (χ0n) is 20.5. The second-order valence-electron chi connectivity index (χ2n) is 10.3.